The summed E-state index contributed by atoms with van der Waals surface area (Å²) in [6, 6.07) is 14.7. The molecule has 0 saturated carbocycles. The zero-order valence-corrected chi connectivity index (χ0v) is 16.9. The molecule has 1 aliphatic rings. The van der Waals surface area contributed by atoms with Crippen LogP contribution in [-0.4, -0.2) is 45.1 Å². The fraction of sp³-hybridized carbons (Fsp3) is 0.273. The number of hydrogen-bond acceptors (Lipinski definition) is 7. The molecular weight excluding hydrogens is 396 g/mol. The lowest BCUT2D eigenvalue weighted by Gasteiger charge is -2.49. The molecule has 3 heterocycles. The van der Waals surface area contributed by atoms with Crippen molar-refractivity contribution in [3.8, 4) is 6.07 Å². The highest BCUT2D eigenvalue weighted by atomic mass is 16.6. The highest BCUT2D eigenvalue weighted by Gasteiger charge is 2.51. The minimum absolute atomic E-state index is 0.152. The van der Waals surface area contributed by atoms with Gasteiger partial charge in [0.2, 0.25) is 5.91 Å². The van der Waals surface area contributed by atoms with E-state index in [1.807, 2.05) is 36.4 Å². The molecule has 2 aromatic heterocycles. The molecule has 9 heteroatoms. The zero-order chi connectivity index (χ0) is 21.8. The van der Waals surface area contributed by atoms with Gasteiger partial charge in [0.05, 0.1) is 17.5 Å². The molecule has 4 rings (SSSR count). The second kappa shape index (κ2) is 8.36. The van der Waals surface area contributed by atoms with E-state index in [1.54, 1.807) is 17.9 Å². The van der Waals surface area contributed by atoms with Crippen molar-refractivity contribution in [3.63, 3.8) is 0 Å². The molecule has 9 nitrogen and oxygen atoms in total. The molecule has 156 valence electrons. The van der Waals surface area contributed by atoms with Gasteiger partial charge in [-0.25, -0.2) is 9.61 Å². The Bertz CT molecular complexity index is 1130. The molecule has 1 fully saturated rings. The van der Waals surface area contributed by atoms with Crippen molar-refractivity contribution in [2.45, 2.75) is 19.9 Å². The van der Waals surface area contributed by atoms with Crippen LogP contribution >= 0.6 is 0 Å². The number of likely N-dealkylation sites (tertiary alicyclic amines) is 1. The first-order valence-corrected chi connectivity index (χ1v) is 9.76. The van der Waals surface area contributed by atoms with Crippen molar-refractivity contribution in [1.82, 2.24) is 25.5 Å². The van der Waals surface area contributed by atoms with Crippen molar-refractivity contribution in [2.75, 3.05) is 13.1 Å². The molecule has 1 saturated heterocycles. The van der Waals surface area contributed by atoms with Crippen molar-refractivity contribution in [2.24, 2.45) is 5.41 Å². The molecule has 1 N–H and O–H groups in total. The van der Waals surface area contributed by atoms with Crippen LogP contribution in [0.15, 0.2) is 53.3 Å². The molecule has 0 atom stereocenters. The number of aryl methyl sites for hydroxylation is 1. The molecule has 0 bridgehead atoms. The monoisotopic (exact) mass is 416 g/mol. The molecule has 1 aromatic carbocycles. The Morgan fingerprint density at radius 1 is 1.19 bits per heavy atom. The van der Waals surface area contributed by atoms with Crippen LogP contribution < -0.4 is 5.32 Å². The Morgan fingerprint density at radius 3 is 2.58 bits per heavy atom. The molecule has 0 aliphatic carbocycles. The Morgan fingerprint density at radius 2 is 1.97 bits per heavy atom. The summed E-state index contributed by atoms with van der Waals surface area (Å²) in [7, 11) is 0. The van der Waals surface area contributed by atoms with E-state index in [-0.39, 0.29) is 37.1 Å². The predicted molar refractivity (Wildman–Crippen MR) is 108 cm³/mol. The first-order valence-electron chi connectivity index (χ1n) is 9.76. The molecule has 0 radical (unpaired) electrons. The van der Waals surface area contributed by atoms with Crippen LogP contribution in [0.2, 0.25) is 0 Å². The summed E-state index contributed by atoms with van der Waals surface area (Å²) in [6.07, 6.45) is 1.89. The zero-order valence-electron chi connectivity index (χ0n) is 16.9. The summed E-state index contributed by atoms with van der Waals surface area (Å²) in [6.45, 7) is 2.52. The SMILES string of the molecule is Cc1nonc1CNC(=O)C1(Cc2ccccc2)CN(C(=O)c2ccc(C#N)nc2)C1. The summed E-state index contributed by atoms with van der Waals surface area (Å²) in [5, 5.41) is 19.3. The van der Waals surface area contributed by atoms with Gasteiger partial charge in [-0.3, -0.25) is 9.59 Å². The number of aromatic nitrogens is 3. The van der Waals surface area contributed by atoms with Gasteiger partial charge in [-0.1, -0.05) is 40.6 Å². The van der Waals surface area contributed by atoms with E-state index in [2.05, 4.69) is 25.2 Å². The quantitative estimate of drug-likeness (QED) is 0.647. The van der Waals surface area contributed by atoms with Gasteiger partial charge in [-0.05, 0) is 31.0 Å². The maximum atomic E-state index is 13.2. The molecule has 0 unspecified atom stereocenters. The number of carbonyl (C=O) groups excluding carboxylic acids is 2. The van der Waals surface area contributed by atoms with Crippen LogP contribution in [0.4, 0.5) is 0 Å². The van der Waals surface area contributed by atoms with Crippen molar-refractivity contribution in [1.29, 1.82) is 5.26 Å². The van der Waals surface area contributed by atoms with Crippen LogP contribution in [0.1, 0.15) is 33.0 Å². The van der Waals surface area contributed by atoms with E-state index in [1.165, 1.54) is 12.3 Å². The number of pyridine rings is 1. The standard InChI is InChI=1S/C22H20N6O3/c1-15-19(27-31-26-15)12-25-21(30)22(9-16-5-3-2-4-6-16)13-28(14-22)20(29)17-7-8-18(10-23)24-11-17/h2-8,11H,9,12-14H2,1H3,(H,25,30). The number of carbonyl (C=O) groups is 2. The largest absolute Gasteiger partial charge is 0.350 e. The number of nitrogens with zero attached hydrogens (tertiary/aromatic N) is 5. The van der Waals surface area contributed by atoms with Crippen LogP contribution in [0, 0.1) is 23.7 Å². The van der Waals surface area contributed by atoms with Crippen LogP contribution in [0.25, 0.3) is 0 Å². The van der Waals surface area contributed by atoms with E-state index in [0.717, 1.165) is 5.56 Å². The molecule has 31 heavy (non-hydrogen) atoms. The minimum Gasteiger partial charge on any atom is -0.350 e. The maximum Gasteiger partial charge on any atom is 0.255 e. The summed E-state index contributed by atoms with van der Waals surface area (Å²) in [5.74, 6) is -0.370. The van der Waals surface area contributed by atoms with E-state index in [0.29, 0.717) is 23.4 Å². The van der Waals surface area contributed by atoms with Crippen molar-refractivity contribution < 1.29 is 14.2 Å². The Balaban J connectivity index is 1.49. The van der Waals surface area contributed by atoms with E-state index < -0.39 is 5.41 Å². The fourth-order valence-corrected chi connectivity index (χ4v) is 3.68. The van der Waals surface area contributed by atoms with E-state index >= 15 is 0 Å². The third-order valence-electron chi connectivity index (χ3n) is 5.43. The van der Waals surface area contributed by atoms with Gasteiger partial charge in [-0.15, -0.1) is 0 Å². The number of nitrogens with one attached hydrogen (secondary N) is 1. The molecule has 3 aromatic rings. The van der Waals surface area contributed by atoms with Gasteiger partial charge in [0.1, 0.15) is 23.2 Å². The average molecular weight is 416 g/mol. The number of nitriles is 1. The molecule has 0 spiro atoms. The Kier molecular flexibility index (Phi) is 5.45. The maximum absolute atomic E-state index is 13.2. The summed E-state index contributed by atoms with van der Waals surface area (Å²) in [4.78, 5) is 31.6. The number of benzene rings is 1. The predicted octanol–water partition coefficient (Wildman–Crippen LogP) is 1.65. The molecule has 1 aliphatic heterocycles. The Hall–Kier alpha value is -4.06. The minimum atomic E-state index is -0.748. The van der Waals surface area contributed by atoms with Crippen LogP contribution in [-0.2, 0) is 17.8 Å². The van der Waals surface area contributed by atoms with Gasteiger partial charge in [-0.2, -0.15) is 5.26 Å². The number of hydrogen-bond donors (Lipinski definition) is 1. The fourth-order valence-electron chi connectivity index (χ4n) is 3.68. The highest BCUT2D eigenvalue weighted by Crippen LogP contribution is 2.35. The lowest BCUT2D eigenvalue weighted by molar-refractivity contribution is -0.139. The lowest BCUT2D eigenvalue weighted by atomic mass is 9.73. The highest BCUT2D eigenvalue weighted by molar-refractivity contribution is 5.96. The summed E-state index contributed by atoms with van der Waals surface area (Å²) in [5.41, 5.74) is 2.09. The van der Waals surface area contributed by atoms with Gasteiger partial charge in [0, 0.05) is 19.3 Å². The number of amides is 2. The smallest absolute Gasteiger partial charge is 0.255 e. The van der Waals surface area contributed by atoms with Crippen LogP contribution in [0.5, 0.6) is 0 Å². The topological polar surface area (TPSA) is 125 Å². The third kappa shape index (κ3) is 4.14. The molecule has 2 amide bonds. The van der Waals surface area contributed by atoms with E-state index in [4.69, 9.17) is 5.26 Å². The van der Waals surface area contributed by atoms with Gasteiger partial charge in [0.15, 0.2) is 0 Å². The lowest BCUT2D eigenvalue weighted by Crippen LogP contribution is -2.65. The van der Waals surface area contributed by atoms with Crippen molar-refractivity contribution >= 4 is 11.8 Å². The summed E-state index contributed by atoms with van der Waals surface area (Å²) < 4.78 is 4.68. The van der Waals surface area contributed by atoms with Gasteiger partial charge >= 0.3 is 0 Å². The normalized spacial score (nSPS) is 14.4. The second-order valence-electron chi connectivity index (χ2n) is 7.63. The third-order valence-corrected chi connectivity index (χ3v) is 5.43. The van der Waals surface area contributed by atoms with Gasteiger partial charge < -0.3 is 10.2 Å². The van der Waals surface area contributed by atoms with E-state index in [9.17, 15) is 9.59 Å². The van der Waals surface area contributed by atoms with Crippen molar-refractivity contribution in [3.05, 3.63) is 76.9 Å². The summed E-state index contributed by atoms with van der Waals surface area (Å²) >= 11 is 0. The number of rotatable bonds is 6. The van der Waals surface area contributed by atoms with Crippen LogP contribution in [0.3, 0.4) is 0 Å². The van der Waals surface area contributed by atoms with Gasteiger partial charge in [0.25, 0.3) is 5.91 Å². The second-order valence-corrected chi connectivity index (χ2v) is 7.63. The first-order chi connectivity index (χ1) is 15.0. The first kappa shape index (κ1) is 20.2. The average Bonchev–Trinajstić information content (AvgIpc) is 3.19. The molecular formula is C22H20N6O3. The Labute approximate surface area is 178 Å².